The Morgan fingerprint density at radius 1 is 1.80 bits per heavy atom. The Hall–Kier alpha value is -0.760. The van der Waals surface area contributed by atoms with E-state index in [-0.39, 0.29) is 0 Å². The normalized spacial score (nSPS) is 21.3. The van der Waals surface area contributed by atoms with Gasteiger partial charge in [0, 0.05) is 5.57 Å². The standard InChI is InChI=1S/C7H7ClO2/c8-7(10)6-3-1-2-5(6)4-9/h3-4,9H,1-2H2. The first-order valence-corrected chi connectivity index (χ1v) is 3.37. The van der Waals surface area contributed by atoms with Gasteiger partial charge in [0.25, 0.3) is 5.24 Å². The van der Waals surface area contributed by atoms with E-state index >= 15 is 0 Å². The number of halogens is 1. The zero-order valence-electron chi connectivity index (χ0n) is 5.30. The monoisotopic (exact) mass is 158 g/mol. The van der Waals surface area contributed by atoms with Crippen LogP contribution in [0, 0.1) is 0 Å². The van der Waals surface area contributed by atoms with E-state index in [1.807, 2.05) is 0 Å². The van der Waals surface area contributed by atoms with E-state index < -0.39 is 5.24 Å². The first kappa shape index (κ1) is 7.35. The predicted molar refractivity (Wildman–Crippen MR) is 38.9 cm³/mol. The van der Waals surface area contributed by atoms with Crippen LogP contribution in [-0.2, 0) is 4.79 Å². The van der Waals surface area contributed by atoms with Gasteiger partial charge in [-0.25, -0.2) is 0 Å². The minimum atomic E-state index is -0.488. The lowest BCUT2D eigenvalue weighted by Crippen LogP contribution is -1.92. The smallest absolute Gasteiger partial charge is 0.252 e. The second kappa shape index (κ2) is 2.88. The van der Waals surface area contributed by atoms with Crippen molar-refractivity contribution >= 4 is 16.8 Å². The maximum absolute atomic E-state index is 10.6. The summed E-state index contributed by atoms with van der Waals surface area (Å²) in [6.07, 6.45) is 4.18. The quantitative estimate of drug-likeness (QED) is 0.468. The predicted octanol–water partition coefficient (Wildman–Crippen LogP) is 1.91. The zero-order chi connectivity index (χ0) is 7.56. The molecule has 3 heteroatoms. The fourth-order valence-corrected chi connectivity index (χ4v) is 1.18. The molecule has 1 aliphatic rings. The van der Waals surface area contributed by atoms with Gasteiger partial charge in [0.1, 0.15) is 0 Å². The van der Waals surface area contributed by atoms with Crippen molar-refractivity contribution in [3.63, 3.8) is 0 Å². The molecule has 0 saturated carbocycles. The Morgan fingerprint density at radius 2 is 2.50 bits per heavy atom. The van der Waals surface area contributed by atoms with E-state index in [9.17, 15) is 4.79 Å². The first-order chi connectivity index (χ1) is 4.75. The van der Waals surface area contributed by atoms with Crippen LogP contribution in [0.4, 0.5) is 0 Å². The number of aliphatic hydroxyl groups is 1. The molecule has 0 heterocycles. The summed E-state index contributed by atoms with van der Waals surface area (Å²) in [5.74, 6) is 0. The third-order valence-electron chi connectivity index (χ3n) is 1.48. The molecule has 1 aliphatic carbocycles. The minimum Gasteiger partial charge on any atom is -0.515 e. The fourth-order valence-electron chi connectivity index (χ4n) is 0.978. The van der Waals surface area contributed by atoms with Gasteiger partial charge in [-0.3, -0.25) is 4.79 Å². The molecule has 0 aromatic rings. The van der Waals surface area contributed by atoms with Crippen LogP contribution < -0.4 is 0 Å². The largest absolute Gasteiger partial charge is 0.515 e. The van der Waals surface area contributed by atoms with E-state index in [1.165, 1.54) is 0 Å². The summed E-state index contributed by atoms with van der Waals surface area (Å²) in [6.45, 7) is 0. The van der Waals surface area contributed by atoms with Gasteiger partial charge in [0.15, 0.2) is 0 Å². The van der Waals surface area contributed by atoms with Crippen molar-refractivity contribution in [2.24, 2.45) is 0 Å². The van der Waals surface area contributed by atoms with Gasteiger partial charge in [-0.15, -0.1) is 0 Å². The lowest BCUT2D eigenvalue weighted by molar-refractivity contribution is -0.108. The molecule has 1 N–H and O–H groups in total. The van der Waals surface area contributed by atoms with Crippen molar-refractivity contribution in [3.05, 3.63) is 23.5 Å². The topological polar surface area (TPSA) is 37.3 Å². The molecule has 0 atom stereocenters. The molecular formula is C7H7ClO2. The molecule has 0 fully saturated rings. The Bertz CT molecular complexity index is 216. The molecule has 10 heavy (non-hydrogen) atoms. The van der Waals surface area contributed by atoms with E-state index in [4.69, 9.17) is 16.7 Å². The van der Waals surface area contributed by atoms with Crippen molar-refractivity contribution < 1.29 is 9.90 Å². The number of rotatable bonds is 1. The number of aliphatic hydroxyl groups excluding tert-OH is 1. The second-order valence-electron chi connectivity index (χ2n) is 2.08. The summed E-state index contributed by atoms with van der Waals surface area (Å²) in [7, 11) is 0. The summed E-state index contributed by atoms with van der Waals surface area (Å²) in [5.41, 5.74) is 1.09. The van der Waals surface area contributed by atoms with E-state index in [2.05, 4.69) is 0 Å². The molecular weight excluding hydrogens is 152 g/mol. The van der Waals surface area contributed by atoms with Gasteiger partial charge in [0.2, 0.25) is 0 Å². The lowest BCUT2D eigenvalue weighted by Gasteiger charge is -1.94. The molecule has 0 bridgehead atoms. The van der Waals surface area contributed by atoms with Crippen LogP contribution in [0.1, 0.15) is 12.8 Å². The highest BCUT2D eigenvalue weighted by atomic mass is 35.5. The summed E-state index contributed by atoms with van der Waals surface area (Å²) >= 11 is 5.20. The summed E-state index contributed by atoms with van der Waals surface area (Å²) in [4.78, 5) is 10.6. The average molecular weight is 159 g/mol. The number of carbonyl (C=O) groups excluding carboxylic acids is 1. The maximum Gasteiger partial charge on any atom is 0.252 e. The minimum absolute atomic E-state index is 0.448. The van der Waals surface area contributed by atoms with Gasteiger partial charge in [-0.05, 0) is 30.0 Å². The van der Waals surface area contributed by atoms with Crippen molar-refractivity contribution in [3.8, 4) is 0 Å². The van der Waals surface area contributed by atoms with Crippen molar-refractivity contribution in [2.45, 2.75) is 12.8 Å². The molecule has 0 saturated heterocycles. The highest BCUT2D eigenvalue weighted by Crippen LogP contribution is 2.25. The number of carbonyl (C=O) groups is 1. The van der Waals surface area contributed by atoms with Gasteiger partial charge in [-0.1, -0.05) is 6.08 Å². The van der Waals surface area contributed by atoms with E-state index in [0.717, 1.165) is 12.7 Å². The molecule has 0 unspecified atom stereocenters. The molecule has 0 aromatic carbocycles. The molecule has 0 spiro atoms. The molecule has 0 radical (unpaired) electrons. The third-order valence-corrected chi connectivity index (χ3v) is 1.68. The summed E-state index contributed by atoms with van der Waals surface area (Å²) < 4.78 is 0. The Balaban J connectivity index is 2.85. The van der Waals surface area contributed by atoms with Crippen LogP contribution in [0.25, 0.3) is 0 Å². The maximum atomic E-state index is 10.6. The van der Waals surface area contributed by atoms with Crippen LogP contribution in [0.15, 0.2) is 23.5 Å². The first-order valence-electron chi connectivity index (χ1n) is 2.99. The van der Waals surface area contributed by atoms with Crippen LogP contribution in [-0.4, -0.2) is 10.3 Å². The third kappa shape index (κ3) is 1.21. The number of hydrogen-bond donors (Lipinski definition) is 1. The highest BCUT2D eigenvalue weighted by molar-refractivity contribution is 6.68. The Labute approximate surface area is 63.8 Å². The summed E-state index contributed by atoms with van der Waals surface area (Å²) in [6, 6.07) is 0. The lowest BCUT2D eigenvalue weighted by atomic mass is 10.2. The number of hydrogen-bond acceptors (Lipinski definition) is 2. The van der Waals surface area contributed by atoms with Crippen molar-refractivity contribution in [2.75, 3.05) is 0 Å². The van der Waals surface area contributed by atoms with Crippen molar-refractivity contribution in [1.29, 1.82) is 0 Å². The van der Waals surface area contributed by atoms with Crippen LogP contribution >= 0.6 is 11.6 Å². The zero-order valence-corrected chi connectivity index (χ0v) is 6.06. The summed E-state index contributed by atoms with van der Waals surface area (Å²) in [5, 5.41) is 8.08. The van der Waals surface area contributed by atoms with Gasteiger partial charge < -0.3 is 5.11 Å². The van der Waals surface area contributed by atoms with Crippen LogP contribution in [0.3, 0.4) is 0 Å². The highest BCUT2D eigenvalue weighted by Gasteiger charge is 2.16. The average Bonchev–Trinajstić information content (AvgIpc) is 2.33. The molecule has 0 aliphatic heterocycles. The molecule has 2 nitrogen and oxygen atoms in total. The van der Waals surface area contributed by atoms with Gasteiger partial charge in [-0.2, -0.15) is 0 Å². The Morgan fingerprint density at radius 3 is 2.90 bits per heavy atom. The van der Waals surface area contributed by atoms with Crippen LogP contribution in [0.2, 0.25) is 0 Å². The fraction of sp³-hybridized carbons (Fsp3) is 0.286. The van der Waals surface area contributed by atoms with Gasteiger partial charge in [0.05, 0.1) is 6.26 Å². The van der Waals surface area contributed by atoms with E-state index in [1.54, 1.807) is 6.08 Å². The van der Waals surface area contributed by atoms with E-state index in [0.29, 0.717) is 17.6 Å². The molecule has 0 amide bonds. The molecule has 1 rings (SSSR count). The SMILES string of the molecule is O=C(Cl)C1=CCCC1=CO. The Kier molecular flexibility index (Phi) is 2.12. The molecule has 54 valence electrons. The van der Waals surface area contributed by atoms with Crippen LogP contribution in [0.5, 0.6) is 0 Å². The van der Waals surface area contributed by atoms with Gasteiger partial charge >= 0.3 is 0 Å². The molecule has 0 aromatic heterocycles. The second-order valence-corrected chi connectivity index (χ2v) is 2.43. The number of allylic oxidation sites excluding steroid dienone is 3. The van der Waals surface area contributed by atoms with Crippen molar-refractivity contribution in [1.82, 2.24) is 0 Å².